The van der Waals surface area contributed by atoms with Crippen LogP contribution in [0.5, 0.6) is 0 Å². The van der Waals surface area contributed by atoms with Gasteiger partial charge < -0.3 is 10.1 Å². The average Bonchev–Trinajstić information content (AvgIpc) is 2.19. The van der Waals surface area contributed by atoms with Gasteiger partial charge in [-0.1, -0.05) is 24.3 Å². The summed E-state index contributed by atoms with van der Waals surface area (Å²) in [6.07, 6.45) is 1.34. The summed E-state index contributed by atoms with van der Waals surface area (Å²) in [7, 11) is 0. The van der Waals surface area contributed by atoms with Crippen LogP contribution in [-0.2, 0) is 16.0 Å². The molecule has 3 heteroatoms. The summed E-state index contributed by atoms with van der Waals surface area (Å²) in [6, 6.07) is 8.00. The molecular formula is C10H11NO2. The zero-order chi connectivity index (χ0) is 9.10. The van der Waals surface area contributed by atoms with E-state index in [1.165, 1.54) is 5.56 Å². The molecule has 0 spiro atoms. The predicted octanol–water partition coefficient (Wildman–Crippen LogP) is 1.00. The first-order valence-corrected chi connectivity index (χ1v) is 4.31. The highest BCUT2D eigenvalue weighted by molar-refractivity contribution is 5.48. The molecule has 0 aromatic heterocycles. The molecule has 2 rings (SSSR count). The van der Waals surface area contributed by atoms with Gasteiger partial charge in [-0.25, -0.2) is 0 Å². The van der Waals surface area contributed by atoms with Gasteiger partial charge in [-0.2, -0.15) is 0 Å². The number of fused-ring (bicyclic) bond motifs is 1. The van der Waals surface area contributed by atoms with E-state index in [9.17, 15) is 4.79 Å². The molecule has 1 aliphatic rings. The van der Waals surface area contributed by atoms with Crippen molar-refractivity contribution in [3.05, 3.63) is 35.4 Å². The first kappa shape index (κ1) is 8.26. The number of benzene rings is 1. The van der Waals surface area contributed by atoms with Crippen molar-refractivity contribution < 1.29 is 9.53 Å². The van der Waals surface area contributed by atoms with Crippen LogP contribution in [0.25, 0.3) is 0 Å². The van der Waals surface area contributed by atoms with Crippen molar-refractivity contribution in [1.29, 1.82) is 0 Å². The first-order chi connectivity index (χ1) is 6.42. The van der Waals surface area contributed by atoms with Gasteiger partial charge in [0.15, 0.2) is 6.23 Å². The van der Waals surface area contributed by atoms with E-state index in [1.54, 1.807) is 0 Å². The number of hydrogen-bond acceptors (Lipinski definition) is 2. The molecule has 1 aromatic rings. The lowest BCUT2D eigenvalue weighted by Gasteiger charge is -2.24. The molecule has 1 heterocycles. The van der Waals surface area contributed by atoms with Gasteiger partial charge in [0.2, 0.25) is 6.41 Å². The van der Waals surface area contributed by atoms with Gasteiger partial charge in [-0.05, 0) is 12.0 Å². The van der Waals surface area contributed by atoms with Crippen LogP contribution in [0.4, 0.5) is 0 Å². The summed E-state index contributed by atoms with van der Waals surface area (Å²) in [5.41, 5.74) is 2.33. The molecule has 3 nitrogen and oxygen atoms in total. The third-order valence-corrected chi connectivity index (χ3v) is 2.21. The maximum absolute atomic E-state index is 10.3. The van der Waals surface area contributed by atoms with Crippen LogP contribution < -0.4 is 5.32 Å². The second-order valence-electron chi connectivity index (χ2n) is 2.98. The normalized spacial score (nSPS) is 20.5. The molecule has 0 radical (unpaired) electrons. The molecule has 13 heavy (non-hydrogen) atoms. The molecule has 0 saturated carbocycles. The van der Waals surface area contributed by atoms with Crippen LogP contribution in [0.2, 0.25) is 0 Å². The fourth-order valence-electron chi connectivity index (χ4n) is 1.59. The molecular weight excluding hydrogens is 166 g/mol. The number of ether oxygens (including phenoxy) is 1. The lowest BCUT2D eigenvalue weighted by atomic mass is 10.0. The minimum Gasteiger partial charge on any atom is -0.354 e. The SMILES string of the molecule is O=CN[C@H]1OCCc2ccccc21. The van der Waals surface area contributed by atoms with Gasteiger partial charge in [0, 0.05) is 5.56 Å². The molecule has 1 N–H and O–H groups in total. The van der Waals surface area contributed by atoms with Gasteiger partial charge in [0.1, 0.15) is 0 Å². The van der Waals surface area contributed by atoms with E-state index < -0.39 is 0 Å². The standard InChI is InChI=1S/C10H11NO2/c12-7-11-10-9-4-2-1-3-8(9)5-6-13-10/h1-4,7,10H,5-6H2,(H,11,12)/t10-/m0/s1. The Labute approximate surface area is 76.7 Å². The van der Waals surface area contributed by atoms with Crippen molar-refractivity contribution >= 4 is 6.41 Å². The van der Waals surface area contributed by atoms with Crippen molar-refractivity contribution in [2.24, 2.45) is 0 Å². The monoisotopic (exact) mass is 177 g/mol. The van der Waals surface area contributed by atoms with Gasteiger partial charge in [0.05, 0.1) is 6.61 Å². The van der Waals surface area contributed by atoms with E-state index in [4.69, 9.17) is 4.74 Å². The molecule has 0 saturated heterocycles. The highest BCUT2D eigenvalue weighted by Crippen LogP contribution is 2.23. The Kier molecular flexibility index (Phi) is 2.27. The molecule has 1 aliphatic heterocycles. The topological polar surface area (TPSA) is 38.3 Å². The second-order valence-corrected chi connectivity index (χ2v) is 2.98. The van der Waals surface area contributed by atoms with E-state index in [0.717, 1.165) is 12.0 Å². The van der Waals surface area contributed by atoms with Crippen LogP contribution >= 0.6 is 0 Å². The van der Waals surface area contributed by atoms with Gasteiger partial charge in [-0.15, -0.1) is 0 Å². The number of amides is 1. The Hall–Kier alpha value is -1.35. The summed E-state index contributed by atoms with van der Waals surface area (Å²) < 4.78 is 5.40. The minimum atomic E-state index is -0.262. The zero-order valence-corrected chi connectivity index (χ0v) is 7.19. The maximum Gasteiger partial charge on any atom is 0.209 e. The molecule has 1 aromatic carbocycles. The van der Waals surface area contributed by atoms with Gasteiger partial charge >= 0.3 is 0 Å². The van der Waals surface area contributed by atoms with Gasteiger partial charge in [-0.3, -0.25) is 4.79 Å². The summed E-state index contributed by atoms with van der Waals surface area (Å²) in [5, 5.41) is 2.64. The Morgan fingerprint density at radius 3 is 3.15 bits per heavy atom. The fourth-order valence-corrected chi connectivity index (χ4v) is 1.59. The van der Waals surface area contributed by atoms with Crippen LogP contribution in [0.1, 0.15) is 17.4 Å². The highest BCUT2D eigenvalue weighted by Gasteiger charge is 2.18. The second kappa shape index (κ2) is 3.58. The maximum atomic E-state index is 10.3. The quantitative estimate of drug-likeness (QED) is 0.684. The van der Waals surface area contributed by atoms with E-state index in [0.29, 0.717) is 13.0 Å². The molecule has 1 amide bonds. The molecule has 68 valence electrons. The summed E-state index contributed by atoms with van der Waals surface area (Å²) in [6.45, 7) is 0.669. The van der Waals surface area contributed by atoms with Crippen LogP contribution in [0, 0.1) is 0 Å². The van der Waals surface area contributed by atoms with E-state index in [1.807, 2.05) is 18.2 Å². The van der Waals surface area contributed by atoms with Crippen molar-refractivity contribution in [3.63, 3.8) is 0 Å². The van der Waals surface area contributed by atoms with E-state index >= 15 is 0 Å². The van der Waals surface area contributed by atoms with Crippen LogP contribution in [-0.4, -0.2) is 13.0 Å². The number of hydrogen-bond donors (Lipinski definition) is 1. The van der Waals surface area contributed by atoms with Gasteiger partial charge in [0.25, 0.3) is 0 Å². The third kappa shape index (κ3) is 1.55. The molecule has 0 unspecified atom stereocenters. The number of carbonyl (C=O) groups is 1. The van der Waals surface area contributed by atoms with Crippen molar-refractivity contribution in [3.8, 4) is 0 Å². The largest absolute Gasteiger partial charge is 0.354 e. The minimum absolute atomic E-state index is 0.262. The molecule has 0 bridgehead atoms. The zero-order valence-electron chi connectivity index (χ0n) is 7.19. The van der Waals surface area contributed by atoms with Crippen molar-refractivity contribution in [1.82, 2.24) is 5.32 Å². The summed E-state index contributed by atoms with van der Waals surface area (Å²) in [5.74, 6) is 0. The number of carbonyl (C=O) groups excluding carboxylic acids is 1. The van der Waals surface area contributed by atoms with E-state index in [-0.39, 0.29) is 6.23 Å². The Bertz CT molecular complexity index is 312. The molecule has 0 aliphatic carbocycles. The third-order valence-electron chi connectivity index (χ3n) is 2.21. The van der Waals surface area contributed by atoms with E-state index in [2.05, 4.69) is 11.4 Å². The highest BCUT2D eigenvalue weighted by atomic mass is 16.5. The predicted molar refractivity (Wildman–Crippen MR) is 48.0 cm³/mol. The average molecular weight is 177 g/mol. The fraction of sp³-hybridized carbons (Fsp3) is 0.300. The lowest BCUT2D eigenvalue weighted by molar-refractivity contribution is -0.114. The lowest BCUT2D eigenvalue weighted by Crippen LogP contribution is -2.27. The molecule has 1 atom stereocenters. The summed E-state index contributed by atoms with van der Waals surface area (Å²) >= 11 is 0. The molecule has 0 fully saturated rings. The number of nitrogens with one attached hydrogen (secondary N) is 1. The first-order valence-electron chi connectivity index (χ1n) is 4.31. The van der Waals surface area contributed by atoms with Crippen LogP contribution in [0.3, 0.4) is 0 Å². The van der Waals surface area contributed by atoms with Crippen LogP contribution in [0.15, 0.2) is 24.3 Å². The van der Waals surface area contributed by atoms with Crippen molar-refractivity contribution in [2.75, 3.05) is 6.61 Å². The van der Waals surface area contributed by atoms with Crippen molar-refractivity contribution in [2.45, 2.75) is 12.6 Å². The number of rotatable bonds is 2. The summed E-state index contributed by atoms with van der Waals surface area (Å²) in [4.78, 5) is 10.3. The Morgan fingerprint density at radius 2 is 2.31 bits per heavy atom. The Morgan fingerprint density at radius 1 is 1.46 bits per heavy atom. The Balaban J connectivity index is 2.31. The smallest absolute Gasteiger partial charge is 0.209 e.